The molecule has 0 saturated carbocycles. The Morgan fingerprint density at radius 3 is 2.72 bits per heavy atom. The molecule has 1 aliphatic heterocycles. The summed E-state index contributed by atoms with van der Waals surface area (Å²) < 4.78 is 0. The quantitative estimate of drug-likeness (QED) is 0.661. The van der Waals surface area contributed by atoms with E-state index in [2.05, 4.69) is 36.2 Å². The largest absolute Gasteiger partial charge is 0.513 e. The molecule has 0 aromatic heterocycles. The van der Waals surface area contributed by atoms with Gasteiger partial charge in [-0.05, 0) is 29.8 Å². The van der Waals surface area contributed by atoms with E-state index in [1.54, 1.807) is 11.8 Å². The van der Waals surface area contributed by atoms with Crippen LogP contribution in [0, 0.1) is 0 Å². The first kappa shape index (κ1) is 11.2. The molecule has 2 nitrogen and oxygen atoms in total. The summed E-state index contributed by atoms with van der Waals surface area (Å²) in [5.74, 6) is 0.193. The van der Waals surface area contributed by atoms with Gasteiger partial charge < -0.3 is 10.4 Å². The van der Waals surface area contributed by atoms with E-state index in [0.717, 1.165) is 16.9 Å². The van der Waals surface area contributed by atoms with Gasteiger partial charge in [-0.2, -0.15) is 0 Å². The van der Waals surface area contributed by atoms with Gasteiger partial charge in [-0.15, -0.1) is 0 Å². The third kappa shape index (κ3) is 2.09. The van der Waals surface area contributed by atoms with Crippen molar-refractivity contribution in [3.8, 4) is 0 Å². The number of fused-ring (bicyclic) bond motifs is 2. The lowest BCUT2D eigenvalue weighted by Crippen LogP contribution is -2.00. The zero-order valence-corrected chi connectivity index (χ0v) is 10.6. The normalized spacial score (nSPS) is 12.2. The maximum atomic E-state index is 9.25. The lowest BCUT2D eigenvalue weighted by Gasteiger charge is -2.21. The molecule has 0 saturated heterocycles. The SMILES string of the molecule is C=C(O)Cc1ccc2c(c1)Nc1ccccc1S2. The van der Waals surface area contributed by atoms with Gasteiger partial charge in [0.2, 0.25) is 0 Å². The molecule has 1 aliphatic rings. The second-order valence-corrected chi connectivity index (χ2v) is 5.38. The molecule has 2 N–H and O–H groups in total. The number of hydrogen-bond donors (Lipinski definition) is 2. The molecular formula is C15H13NOS. The smallest absolute Gasteiger partial charge is 0.0894 e. The molecule has 2 aromatic carbocycles. The van der Waals surface area contributed by atoms with Crippen LogP contribution in [0.25, 0.3) is 0 Å². The number of nitrogens with one attached hydrogen (secondary N) is 1. The van der Waals surface area contributed by atoms with E-state index >= 15 is 0 Å². The summed E-state index contributed by atoms with van der Waals surface area (Å²) in [4.78, 5) is 2.45. The maximum absolute atomic E-state index is 9.25. The summed E-state index contributed by atoms with van der Waals surface area (Å²) in [6.45, 7) is 3.53. The Morgan fingerprint density at radius 1 is 1.11 bits per heavy atom. The highest BCUT2D eigenvalue weighted by atomic mass is 32.2. The molecule has 0 amide bonds. The lowest BCUT2D eigenvalue weighted by atomic mass is 10.1. The van der Waals surface area contributed by atoms with Gasteiger partial charge in [0.1, 0.15) is 0 Å². The van der Waals surface area contributed by atoms with E-state index in [0.29, 0.717) is 6.42 Å². The number of anilines is 2. The number of benzene rings is 2. The van der Waals surface area contributed by atoms with Gasteiger partial charge in [-0.1, -0.05) is 36.5 Å². The van der Waals surface area contributed by atoms with Gasteiger partial charge in [0.05, 0.1) is 17.1 Å². The first-order valence-electron chi connectivity index (χ1n) is 5.76. The molecule has 0 spiro atoms. The fourth-order valence-corrected chi connectivity index (χ4v) is 3.00. The van der Waals surface area contributed by atoms with Gasteiger partial charge in [-0.3, -0.25) is 0 Å². The van der Waals surface area contributed by atoms with Crippen molar-refractivity contribution in [3.63, 3.8) is 0 Å². The molecule has 0 bridgehead atoms. The zero-order chi connectivity index (χ0) is 12.5. The van der Waals surface area contributed by atoms with Crippen LogP contribution in [-0.2, 0) is 6.42 Å². The third-order valence-electron chi connectivity index (χ3n) is 2.83. The highest BCUT2D eigenvalue weighted by Crippen LogP contribution is 2.44. The van der Waals surface area contributed by atoms with Crippen LogP contribution >= 0.6 is 11.8 Å². The average Bonchev–Trinajstić information content (AvgIpc) is 2.35. The van der Waals surface area contributed by atoms with Crippen molar-refractivity contribution < 1.29 is 5.11 Å². The highest BCUT2D eigenvalue weighted by molar-refractivity contribution is 7.99. The average molecular weight is 255 g/mol. The molecule has 0 radical (unpaired) electrons. The molecule has 18 heavy (non-hydrogen) atoms. The van der Waals surface area contributed by atoms with E-state index in [1.807, 2.05) is 18.2 Å². The topological polar surface area (TPSA) is 32.3 Å². The van der Waals surface area contributed by atoms with Gasteiger partial charge in [0.15, 0.2) is 0 Å². The third-order valence-corrected chi connectivity index (χ3v) is 3.98. The minimum Gasteiger partial charge on any atom is -0.513 e. The molecule has 1 heterocycles. The Labute approximate surface area is 110 Å². The maximum Gasteiger partial charge on any atom is 0.0894 e. The Bertz CT molecular complexity index is 622. The second-order valence-electron chi connectivity index (χ2n) is 4.30. The van der Waals surface area contributed by atoms with E-state index in [9.17, 15) is 5.11 Å². The summed E-state index contributed by atoms with van der Waals surface area (Å²) in [6, 6.07) is 14.4. The van der Waals surface area contributed by atoms with Crippen molar-refractivity contribution in [1.29, 1.82) is 0 Å². The summed E-state index contributed by atoms with van der Waals surface area (Å²) in [5.41, 5.74) is 3.29. The molecule has 3 heteroatoms. The minimum absolute atomic E-state index is 0.193. The number of para-hydroxylation sites is 1. The summed E-state index contributed by atoms with van der Waals surface area (Å²) >= 11 is 1.76. The Hall–Kier alpha value is -1.87. The van der Waals surface area contributed by atoms with Crippen LogP contribution in [-0.4, -0.2) is 5.11 Å². The van der Waals surface area contributed by atoms with E-state index in [4.69, 9.17) is 0 Å². The number of aliphatic hydroxyl groups is 1. The number of aliphatic hydroxyl groups excluding tert-OH is 1. The molecule has 3 rings (SSSR count). The standard InChI is InChI=1S/C15H13NOS/c1-10(17)8-11-6-7-15-13(9-11)16-12-4-2-3-5-14(12)18-15/h2-7,9,16-17H,1,8H2. The summed E-state index contributed by atoms with van der Waals surface area (Å²) in [6.07, 6.45) is 0.501. The Morgan fingerprint density at radius 2 is 1.89 bits per heavy atom. The van der Waals surface area contributed by atoms with E-state index < -0.39 is 0 Å². The molecule has 0 aliphatic carbocycles. The van der Waals surface area contributed by atoms with Crippen molar-refractivity contribution in [3.05, 3.63) is 60.4 Å². The van der Waals surface area contributed by atoms with Crippen molar-refractivity contribution in [2.24, 2.45) is 0 Å². The first-order chi connectivity index (χ1) is 8.72. The lowest BCUT2D eigenvalue weighted by molar-refractivity contribution is 0.401. The summed E-state index contributed by atoms with van der Waals surface area (Å²) in [5, 5.41) is 12.7. The molecule has 0 fully saturated rings. The van der Waals surface area contributed by atoms with E-state index in [-0.39, 0.29) is 5.76 Å². The number of rotatable bonds is 2. The van der Waals surface area contributed by atoms with Gasteiger partial charge in [0.25, 0.3) is 0 Å². The predicted octanol–water partition coefficient (Wildman–Crippen LogP) is 4.51. The molecule has 90 valence electrons. The van der Waals surface area contributed by atoms with Crippen LogP contribution in [0.4, 0.5) is 11.4 Å². The monoisotopic (exact) mass is 255 g/mol. The fraction of sp³-hybridized carbons (Fsp3) is 0.0667. The van der Waals surface area contributed by atoms with Crippen LogP contribution in [0.5, 0.6) is 0 Å². The fourth-order valence-electron chi connectivity index (χ4n) is 2.03. The Balaban J connectivity index is 1.96. The van der Waals surface area contributed by atoms with Crippen molar-refractivity contribution in [2.75, 3.05) is 5.32 Å². The number of hydrogen-bond acceptors (Lipinski definition) is 3. The predicted molar refractivity (Wildman–Crippen MR) is 75.8 cm³/mol. The first-order valence-corrected chi connectivity index (χ1v) is 6.57. The van der Waals surface area contributed by atoms with Crippen LogP contribution in [0.3, 0.4) is 0 Å². The van der Waals surface area contributed by atoms with Crippen LogP contribution < -0.4 is 5.32 Å². The minimum atomic E-state index is 0.193. The molecular weight excluding hydrogens is 242 g/mol. The zero-order valence-electron chi connectivity index (χ0n) is 9.81. The van der Waals surface area contributed by atoms with Crippen molar-refractivity contribution >= 4 is 23.1 Å². The summed E-state index contributed by atoms with van der Waals surface area (Å²) in [7, 11) is 0. The highest BCUT2D eigenvalue weighted by Gasteiger charge is 2.15. The number of allylic oxidation sites excluding steroid dienone is 1. The van der Waals surface area contributed by atoms with Gasteiger partial charge >= 0.3 is 0 Å². The van der Waals surface area contributed by atoms with Crippen molar-refractivity contribution in [1.82, 2.24) is 0 Å². The van der Waals surface area contributed by atoms with Crippen LogP contribution in [0.1, 0.15) is 5.56 Å². The van der Waals surface area contributed by atoms with Gasteiger partial charge in [0, 0.05) is 16.2 Å². The van der Waals surface area contributed by atoms with E-state index in [1.165, 1.54) is 9.79 Å². The van der Waals surface area contributed by atoms with Crippen LogP contribution in [0.2, 0.25) is 0 Å². The second kappa shape index (κ2) is 4.42. The van der Waals surface area contributed by atoms with Crippen LogP contribution in [0.15, 0.2) is 64.6 Å². The van der Waals surface area contributed by atoms with Gasteiger partial charge in [-0.25, -0.2) is 0 Å². The molecule has 0 atom stereocenters. The van der Waals surface area contributed by atoms with Crippen molar-refractivity contribution in [2.45, 2.75) is 16.2 Å². The Kier molecular flexibility index (Phi) is 2.76. The molecule has 2 aromatic rings. The molecule has 0 unspecified atom stereocenters.